The fourth-order valence-corrected chi connectivity index (χ4v) is 3.34. The Morgan fingerprint density at radius 3 is 2.78 bits per heavy atom. The van der Waals surface area contributed by atoms with Gasteiger partial charge in [0.25, 0.3) is 0 Å². The van der Waals surface area contributed by atoms with Crippen LogP contribution in [0.25, 0.3) is 0 Å². The number of thioether (sulfide) groups is 1. The summed E-state index contributed by atoms with van der Waals surface area (Å²) in [5.74, 6) is 2.09. The lowest BCUT2D eigenvalue weighted by Gasteiger charge is -2.30. The van der Waals surface area contributed by atoms with Gasteiger partial charge in [-0.3, -0.25) is 4.79 Å². The molecule has 0 aliphatic carbocycles. The summed E-state index contributed by atoms with van der Waals surface area (Å²) >= 11 is 1.82. The van der Waals surface area contributed by atoms with Gasteiger partial charge in [0, 0.05) is 11.7 Å². The van der Waals surface area contributed by atoms with Crippen LogP contribution in [0.1, 0.15) is 18.9 Å². The molecule has 1 amide bonds. The van der Waals surface area contributed by atoms with Gasteiger partial charge in [0.1, 0.15) is 0 Å². The molecule has 1 fully saturated rings. The van der Waals surface area contributed by atoms with E-state index in [1.807, 2.05) is 49.0 Å². The smallest absolute Gasteiger partial charge is 0.224 e. The summed E-state index contributed by atoms with van der Waals surface area (Å²) in [7, 11) is 0. The molecular weight excluding hydrogens is 246 g/mol. The van der Waals surface area contributed by atoms with Gasteiger partial charge in [0.2, 0.25) is 5.91 Å². The predicted octanol–water partition coefficient (Wildman–Crippen LogP) is 1.76. The van der Waals surface area contributed by atoms with Crippen molar-refractivity contribution in [3.63, 3.8) is 0 Å². The Hall–Kier alpha value is -1.00. The highest BCUT2D eigenvalue weighted by Crippen LogP contribution is 2.26. The van der Waals surface area contributed by atoms with Crippen molar-refractivity contribution in [3.05, 3.63) is 35.9 Å². The third kappa shape index (κ3) is 2.87. The van der Waals surface area contributed by atoms with Crippen molar-refractivity contribution in [2.75, 3.05) is 18.1 Å². The van der Waals surface area contributed by atoms with E-state index in [-0.39, 0.29) is 18.4 Å². The quantitative estimate of drug-likeness (QED) is 0.872. The van der Waals surface area contributed by atoms with Crippen LogP contribution in [-0.2, 0) is 10.3 Å². The van der Waals surface area contributed by atoms with Crippen molar-refractivity contribution in [2.45, 2.75) is 18.9 Å². The monoisotopic (exact) mass is 265 g/mol. The van der Waals surface area contributed by atoms with Crippen molar-refractivity contribution >= 4 is 17.7 Å². The molecule has 1 aliphatic heterocycles. The van der Waals surface area contributed by atoms with Gasteiger partial charge >= 0.3 is 0 Å². The van der Waals surface area contributed by atoms with E-state index in [1.165, 1.54) is 0 Å². The Morgan fingerprint density at radius 1 is 1.50 bits per heavy atom. The molecule has 2 N–H and O–H groups in total. The van der Waals surface area contributed by atoms with Crippen LogP contribution in [0.15, 0.2) is 30.3 Å². The van der Waals surface area contributed by atoms with E-state index in [1.54, 1.807) is 0 Å². The first-order chi connectivity index (χ1) is 8.65. The second-order valence-electron chi connectivity index (χ2n) is 4.91. The first-order valence-electron chi connectivity index (χ1n) is 6.22. The molecule has 1 saturated heterocycles. The summed E-state index contributed by atoms with van der Waals surface area (Å²) in [5.41, 5.74) is 0.248. The minimum absolute atomic E-state index is 0.0559. The van der Waals surface area contributed by atoms with Crippen LogP contribution in [0, 0.1) is 5.92 Å². The molecule has 0 radical (unpaired) electrons. The molecule has 2 atom stereocenters. The van der Waals surface area contributed by atoms with E-state index in [2.05, 4.69) is 5.32 Å². The number of carbonyl (C=O) groups excluding carboxylic acids is 1. The summed E-state index contributed by atoms with van der Waals surface area (Å²) in [5, 5.41) is 12.6. The van der Waals surface area contributed by atoms with Gasteiger partial charge < -0.3 is 10.4 Å². The van der Waals surface area contributed by atoms with Gasteiger partial charge in [-0.2, -0.15) is 11.8 Å². The minimum Gasteiger partial charge on any atom is -0.394 e. The summed E-state index contributed by atoms with van der Waals surface area (Å²) in [6, 6.07) is 9.62. The molecular formula is C14H19NO2S. The van der Waals surface area contributed by atoms with Gasteiger partial charge in [-0.15, -0.1) is 0 Å². The van der Waals surface area contributed by atoms with Crippen LogP contribution < -0.4 is 5.32 Å². The molecule has 4 heteroatoms. The maximum atomic E-state index is 12.2. The highest BCUT2D eigenvalue weighted by Gasteiger charge is 2.32. The molecule has 2 rings (SSSR count). The first-order valence-corrected chi connectivity index (χ1v) is 7.37. The zero-order chi connectivity index (χ0) is 13.0. The molecule has 1 heterocycles. The largest absolute Gasteiger partial charge is 0.394 e. The van der Waals surface area contributed by atoms with E-state index in [9.17, 15) is 9.90 Å². The Balaban J connectivity index is 2.10. The Labute approximate surface area is 112 Å². The molecule has 98 valence electrons. The summed E-state index contributed by atoms with van der Waals surface area (Å²) in [6.45, 7) is 1.77. The molecule has 3 nitrogen and oxygen atoms in total. The van der Waals surface area contributed by atoms with Crippen molar-refractivity contribution in [1.82, 2.24) is 5.32 Å². The van der Waals surface area contributed by atoms with Crippen LogP contribution >= 0.6 is 11.8 Å². The Bertz CT molecular complexity index is 404. The SMILES string of the molecule is CC(CO)(NC(=O)C1CCSC1)c1ccccc1. The van der Waals surface area contributed by atoms with Gasteiger partial charge in [0.05, 0.1) is 12.1 Å². The van der Waals surface area contributed by atoms with E-state index in [0.717, 1.165) is 23.5 Å². The molecule has 1 aromatic rings. The maximum Gasteiger partial charge on any atom is 0.224 e. The second kappa shape index (κ2) is 5.76. The lowest BCUT2D eigenvalue weighted by atomic mass is 9.92. The van der Waals surface area contributed by atoms with E-state index in [4.69, 9.17) is 0 Å². The molecule has 1 aliphatic rings. The Kier molecular flexibility index (Phi) is 4.30. The van der Waals surface area contributed by atoms with Gasteiger partial charge in [-0.1, -0.05) is 30.3 Å². The first kappa shape index (κ1) is 13.4. The standard InChI is InChI=1S/C14H19NO2S/c1-14(10-16,12-5-3-2-4-6-12)15-13(17)11-7-8-18-9-11/h2-6,11,16H,7-10H2,1H3,(H,15,17). The summed E-state index contributed by atoms with van der Waals surface area (Å²) < 4.78 is 0. The van der Waals surface area contributed by atoms with Crippen LogP contribution in [0.4, 0.5) is 0 Å². The highest BCUT2D eigenvalue weighted by molar-refractivity contribution is 7.99. The third-order valence-corrected chi connectivity index (χ3v) is 4.59. The van der Waals surface area contributed by atoms with Crippen molar-refractivity contribution in [1.29, 1.82) is 0 Å². The number of benzene rings is 1. The number of carbonyl (C=O) groups is 1. The number of nitrogens with one attached hydrogen (secondary N) is 1. The number of amides is 1. The zero-order valence-electron chi connectivity index (χ0n) is 10.6. The minimum atomic E-state index is -0.689. The number of hydrogen-bond acceptors (Lipinski definition) is 3. The zero-order valence-corrected chi connectivity index (χ0v) is 11.4. The predicted molar refractivity (Wildman–Crippen MR) is 74.5 cm³/mol. The number of aliphatic hydroxyl groups is 1. The second-order valence-corrected chi connectivity index (χ2v) is 6.06. The third-order valence-electron chi connectivity index (χ3n) is 3.43. The number of rotatable bonds is 4. The average Bonchev–Trinajstić information content (AvgIpc) is 2.93. The van der Waals surface area contributed by atoms with Crippen molar-refractivity contribution in [3.8, 4) is 0 Å². The van der Waals surface area contributed by atoms with Gasteiger partial charge in [-0.25, -0.2) is 0 Å². The van der Waals surface area contributed by atoms with Gasteiger partial charge in [-0.05, 0) is 24.7 Å². The molecule has 2 unspecified atom stereocenters. The molecule has 0 aromatic heterocycles. The van der Waals surface area contributed by atoms with E-state index in [0.29, 0.717) is 0 Å². The van der Waals surface area contributed by atoms with Crippen LogP contribution in [0.3, 0.4) is 0 Å². The summed E-state index contributed by atoms with van der Waals surface area (Å²) in [6.07, 6.45) is 0.937. The average molecular weight is 265 g/mol. The molecule has 1 aromatic carbocycles. The summed E-state index contributed by atoms with van der Waals surface area (Å²) in [4.78, 5) is 12.2. The van der Waals surface area contributed by atoms with Crippen LogP contribution in [0.5, 0.6) is 0 Å². The number of hydrogen-bond donors (Lipinski definition) is 2. The number of aliphatic hydroxyl groups excluding tert-OH is 1. The molecule has 0 saturated carbocycles. The van der Waals surface area contributed by atoms with Crippen molar-refractivity contribution < 1.29 is 9.90 Å². The van der Waals surface area contributed by atoms with Crippen molar-refractivity contribution in [2.24, 2.45) is 5.92 Å². The van der Waals surface area contributed by atoms with Gasteiger partial charge in [0.15, 0.2) is 0 Å². The highest BCUT2D eigenvalue weighted by atomic mass is 32.2. The molecule has 0 spiro atoms. The fourth-order valence-electron chi connectivity index (χ4n) is 2.12. The van der Waals surface area contributed by atoms with Crippen LogP contribution in [-0.4, -0.2) is 29.1 Å². The molecule has 18 heavy (non-hydrogen) atoms. The normalized spacial score (nSPS) is 22.4. The maximum absolute atomic E-state index is 12.2. The fraction of sp³-hybridized carbons (Fsp3) is 0.500. The molecule has 0 bridgehead atoms. The van der Waals surface area contributed by atoms with E-state index >= 15 is 0 Å². The lowest BCUT2D eigenvalue weighted by molar-refractivity contribution is -0.126. The van der Waals surface area contributed by atoms with Crippen LogP contribution in [0.2, 0.25) is 0 Å². The topological polar surface area (TPSA) is 49.3 Å². The Morgan fingerprint density at radius 2 is 2.22 bits per heavy atom. The lowest BCUT2D eigenvalue weighted by Crippen LogP contribution is -2.48. The van der Waals surface area contributed by atoms with E-state index < -0.39 is 5.54 Å².